The van der Waals surface area contributed by atoms with E-state index in [1.165, 1.54) is 0 Å². The van der Waals surface area contributed by atoms with Crippen LogP contribution in [0.25, 0.3) is 11.1 Å². The highest BCUT2D eigenvalue weighted by Crippen LogP contribution is 2.30. The van der Waals surface area contributed by atoms with Crippen molar-refractivity contribution in [1.29, 1.82) is 0 Å². The molecule has 0 unspecified atom stereocenters. The van der Waals surface area contributed by atoms with E-state index in [9.17, 15) is 13.2 Å². The molecule has 0 saturated carbocycles. The van der Waals surface area contributed by atoms with E-state index in [1.54, 1.807) is 36.4 Å². The van der Waals surface area contributed by atoms with Gasteiger partial charge in [-0.25, -0.2) is 0 Å². The van der Waals surface area contributed by atoms with Crippen LogP contribution in [-0.2, 0) is 22.5 Å². The van der Waals surface area contributed by atoms with Gasteiger partial charge in [0.1, 0.15) is 24.4 Å². The smallest absolute Gasteiger partial charge is 0.269 e. The molecule has 5 nitrogen and oxygen atoms in total. The van der Waals surface area contributed by atoms with Crippen LogP contribution in [0.5, 0.6) is 5.75 Å². The predicted molar refractivity (Wildman–Crippen MR) is 113 cm³/mol. The summed E-state index contributed by atoms with van der Waals surface area (Å²) in [5.41, 5.74) is 6.06. The molecule has 29 heavy (non-hydrogen) atoms. The number of hydrogen-bond donors (Lipinski definition) is 1. The van der Waals surface area contributed by atoms with Crippen LogP contribution in [0.4, 0.5) is 0 Å². The van der Waals surface area contributed by atoms with Gasteiger partial charge in [-0.3, -0.25) is 9.35 Å². The molecule has 3 aromatic carbocycles. The minimum atomic E-state index is -4.07. The number of carbonyl (C=O) groups is 1. The Morgan fingerprint density at radius 2 is 1.59 bits per heavy atom. The third kappa shape index (κ3) is 5.53. The van der Waals surface area contributed by atoms with Crippen molar-refractivity contribution in [1.82, 2.24) is 0 Å². The zero-order valence-corrected chi connectivity index (χ0v) is 17.1. The lowest BCUT2D eigenvalue weighted by atomic mass is 9.93. The number of aryl methyl sites for hydroxylation is 2. The predicted octanol–water partition coefficient (Wildman–Crippen LogP) is 4.75. The van der Waals surface area contributed by atoms with Crippen molar-refractivity contribution in [2.75, 3.05) is 0 Å². The number of carbonyl (C=O) groups excluding carboxylic acids is 1. The standard InChI is InChI=1S/C23H22O5S/c1-16-10-20(15-29(25,26)27)11-17(2)23(16)21-5-3-4-19(12-21)14-28-22-8-6-18(13-24)7-9-22/h3-13H,14-15H2,1-2H3,(H,25,26,27). The van der Waals surface area contributed by atoms with Gasteiger partial charge in [-0.05, 0) is 77.6 Å². The quantitative estimate of drug-likeness (QED) is 0.449. The molecule has 0 spiro atoms. The summed E-state index contributed by atoms with van der Waals surface area (Å²) >= 11 is 0. The minimum absolute atomic E-state index is 0.382. The van der Waals surface area contributed by atoms with Gasteiger partial charge in [-0.1, -0.05) is 30.3 Å². The van der Waals surface area contributed by atoms with Crippen molar-refractivity contribution in [3.8, 4) is 16.9 Å². The molecule has 0 amide bonds. The zero-order chi connectivity index (χ0) is 21.0. The van der Waals surface area contributed by atoms with Crippen molar-refractivity contribution >= 4 is 16.4 Å². The van der Waals surface area contributed by atoms with Crippen LogP contribution < -0.4 is 4.74 Å². The Hall–Kier alpha value is -2.96. The van der Waals surface area contributed by atoms with E-state index in [-0.39, 0.29) is 0 Å². The van der Waals surface area contributed by atoms with Crippen LogP contribution in [-0.4, -0.2) is 19.3 Å². The summed E-state index contributed by atoms with van der Waals surface area (Å²) in [6.45, 7) is 4.23. The fourth-order valence-corrected chi connectivity index (χ4v) is 4.02. The largest absolute Gasteiger partial charge is 0.489 e. The molecule has 1 N–H and O–H groups in total. The minimum Gasteiger partial charge on any atom is -0.489 e. The molecular formula is C23H22O5S. The third-order valence-electron chi connectivity index (χ3n) is 4.58. The van der Waals surface area contributed by atoms with Crippen LogP contribution in [0.2, 0.25) is 0 Å². The van der Waals surface area contributed by atoms with Crippen molar-refractivity contribution in [3.05, 3.63) is 88.5 Å². The van der Waals surface area contributed by atoms with E-state index in [4.69, 9.17) is 9.29 Å². The average molecular weight is 410 g/mol. The molecule has 3 rings (SSSR count). The van der Waals surface area contributed by atoms with Gasteiger partial charge in [-0.2, -0.15) is 8.42 Å². The highest BCUT2D eigenvalue weighted by Gasteiger charge is 2.12. The second-order valence-corrected chi connectivity index (χ2v) is 8.46. The van der Waals surface area contributed by atoms with Gasteiger partial charge in [0.15, 0.2) is 0 Å². The van der Waals surface area contributed by atoms with E-state index in [2.05, 4.69) is 0 Å². The second-order valence-electron chi connectivity index (χ2n) is 7.01. The third-order valence-corrected chi connectivity index (χ3v) is 5.28. The Morgan fingerprint density at radius 3 is 2.17 bits per heavy atom. The van der Waals surface area contributed by atoms with Gasteiger partial charge in [0.25, 0.3) is 10.1 Å². The van der Waals surface area contributed by atoms with Crippen LogP contribution in [0.3, 0.4) is 0 Å². The lowest BCUT2D eigenvalue weighted by molar-refractivity contribution is 0.112. The number of benzene rings is 3. The fraction of sp³-hybridized carbons (Fsp3) is 0.174. The van der Waals surface area contributed by atoms with E-state index < -0.39 is 15.9 Å². The molecule has 6 heteroatoms. The Labute approximate surface area is 170 Å². The summed E-state index contributed by atoms with van der Waals surface area (Å²) in [6.07, 6.45) is 0.791. The van der Waals surface area contributed by atoms with Gasteiger partial charge < -0.3 is 4.74 Å². The Kier molecular flexibility index (Phi) is 6.15. The molecule has 0 atom stereocenters. The molecule has 0 aliphatic carbocycles. The molecule has 0 aliphatic rings. The van der Waals surface area contributed by atoms with E-state index in [1.807, 2.05) is 38.1 Å². The number of hydrogen-bond acceptors (Lipinski definition) is 4. The second kappa shape index (κ2) is 8.59. The van der Waals surface area contributed by atoms with Crippen LogP contribution >= 0.6 is 0 Å². The first kappa shape index (κ1) is 20.8. The Morgan fingerprint density at radius 1 is 0.931 bits per heavy atom. The first-order valence-corrected chi connectivity index (χ1v) is 10.7. The summed E-state index contributed by atoms with van der Waals surface area (Å²) in [7, 11) is -4.07. The van der Waals surface area contributed by atoms with Gasteiger partial charge in [0.2, 0.25) is 0 Å². The van der Waals surface area contributed by atoms with Gasteiger partial charge in [0.05, 0.1) is 0 Å². The summed E-state index contributed by atoms with van der Waals surface area (Å²) in [4.78, 5) is 10.7. The Bertz CT molecular complexity index is 1110. The summed E-state index contributed by atoms with van der Waals surface area (Å²) in [6, 6.07) is 18.5. The monoisotopic (exact) mass is 410 g/mol. The lowest BCUT2D eigenvalue weighted by Crippen LogP contribution is -2.03. The van der Waals surface area contributed by atoms with Crippen molar-refractivity contribution in [2.24, 2.45) is 0 Å². The summed E-state index contributed by atoms with van der Waals surface area (Å²) < 4.78 is 37.2. The number of ether oxygens (including phenoxy) is 1. The van der Waals surface area contributed by atoms with E-state index >= 15 is 0 Å². The molecule has 0 saturated heterocycles. The summed E-state index contributed by atoms with van der Waals surface area (Å²) in [5.74, 6) is 0.286. The molecule has 3 aromatic rings. The van der Waals surface area contributed by atoms with Gasteiger partial charge >= 0.3 is 0 Å². The maximum absolute atomic E-state index is 11.2. The Balaban J connectivity index is 1.82. The van der Waals surface area contributed by atoms with Crippen LogP contribution in [0, 0.1) is 13.8 Å². The van der Waals surface area contributed by atoms with Crippen LogP contribution in [0.15, 0.2) is 60.7 Å². The first-order valence-electron chi connectivity index (χ1n) is 9.08. The highest BCUT2D eigenvalue weighted by molar-refractivity contribution is 7.85. The normalized spacial score (nSPS) is 11.3. The van der Waals surface area contributed by atoms with Crippen molar-refractivity contribution in [2.45, 2.75) is 26.2 Å². The maximum Gasteiger partial charge on any atom is 0.269 e. The van der Waals surface area contributed by atoms with Gasteiger partial charge in [-0.15, -0.1) is 0 Å². The van der Waals surface area contributed by atoms with Crippen molar-refractivity contribution < 1.29 is 22.5 Å². The van der Waals surface area contributed by atoms with Gasteiger partial charge in [0, 0.05) is 5.56 Å². The number of aldehydes is 1. The topological polar surface area (TPSA) is 80.7 Å². The summed E-state index contributed by atoms with van der Waals surface area (Å²) in [5, 5.41) is 0. The number of rotatable bonds is 7. The lowest BCUT2D eigenvalue weighted by Gasteiger charge is -2.14. The molecule has 0 radical (unpaired) electrons. The van der Waals surface area contributed by atoms with Crippen molar-refractivity contribution in [3.63, 3.8) is 0 Å². The molecule has 0 bridgehead atoms. The molecular weight excluding hydrogens is 388 g/mol. The maximum atomic E-state index is 11.2. The van der Waals surface area contributed by atoms with E-state index in [0.717, 1.165) is 34.1 Å². The molecule has 150 valence electrons. The molecule has 0 fully saturated rings. The SMILES string of the molecule is Cc1cc(CS(=O)(=O)O)cc(C)c1-c1cccc(COc2ccc(C=O)cc2)c1. The first-order chi connectivity index (χ1) is 13.7. The fourth-order valence-electron chi connectivity index (χ4n) is 3.43. The zero-order valence-electron chi connectivity index (χ0n) is 16.3. The molecule has 0 heterocycles. The molecule has 0 aromatic heterocycles. The highest BCUT2D eigenvalue weighted by atomic mass is 32.2. The van der Waals surface area contributed by atoms with Crippen LogP contribution in [0.1, 0.15) is 32.6 Å². The average Bonchev–Trinajstić information content (AvgIpc) is 2.65. The molecule has 0 aliphatic heterocycles. The van der Waals surface area contributed by atoms with E-state index in [0.29, 0.717) is 23.5 Å².